The Labute approximate surface area is 163 Å². The smallest absolute Gasteiger partial charge is 0.303 e. The first-order chi connectivity index (χ1) is 12.6. The van der Waals surface area contributed by atoms with Gasteiger partial charge in [-0.05, 0) is 31.1 Å². The Morgan fingerprint density at radius 2 is 1.59 bits per heavy atom. The van der Waals surface area contributed by atoms with Crippen LogP contribution in [0, 0.1) is 10.8 Å². The summed E-state index contributed by atoms with van der Waals surface area (Å²) in [5.41, 5.74) is -0.356. The molecule has 1 aliphatic heterocycles. The molecule has 6 heteroatoms. The van der Waals surface area contributed by atoms with Crippen LogP contribution in [-0.4, -0.2) is 50.1 Å². The van der Waals surface area contributed by atoms with Crippen LogP contribution in [0.5, 0.6) is 0 Å². The Hall–Kier alpha value is -0.690. The van der Waals surface area contributed by atoms with Crippen molar-refractivity contribution in [3.63, 3.8) is 0 Å². The van der Waals surface area contributed by atoms with Crippen molar-refractivity contribution in [1.29, 1.82) is 0 Å². The molecule has 0 aromatic carbocycles. The standard InChI is InChI=1S/C21H36O6/c1-8-19(5)13-18(3,4)16(25-14(2)22)15-17(19)27-21(24-7)12-10-9-11-20(21,23-6)26-15/h15-17H,8-13H2,1-7H3. The molecule has 1 saturated heterocycles. The van der Waals surface area contributed by atoms with Gasteiger partial charge >= 0.3 is 5.97 Å². The third kappa shape index (κ3) is 3.13. The molecule has 2 saturated carbocycles. The summed E-state index contributed by atoms with van der Waals surface area (Å²) in [6, 6.07) is 0. The largest absolute Gasteiger partial charge is 0.459 e. The topological polar surface area (TPSA) is 63.2 Å². The molecule has 3 fully saturated rings. The second-order valence-corrected chi connectivity index (χ2v) is 9.45. The van der Waals surface area contributed by atoms with Crippen molar-refractivity contribution in [1.82, 2.24) is 0 Å². The Bertz CT molecular complexity index is 577. The summed E-state index contributed by atoms with van der Waals surface area (Å²) < 4.78 is 31.2. The molecular formula is C21H36O6. The van der Waals surface area contributed by atoms with Crippen molar-refractivity contribution >= 4 is 5.97 Å². The monoisotopic (exact) mass is 384 g/mol. The van der Waals surface area contributed by atoms with E-state index in [9.17, 15) is 4.79 Å². The Morgan fingerprint density at radius 1 is 1.04 bits per heavy atom. The van der Waals surface area contributed by atoms with Gasteiger partial charge in [-0.1, -0.05) is 27.7 Å². The number of esters is 1. The lowest BCUT2D eigenvalue weighted by Gasteiger charge is -2.64. The number of fused-ring (bicyclic) bond motifs is 2. The minimum absolute atomic E-state index is 0.117. The first-order valence-electron chi connectivity index (χ1n) is 10.2. The van der Waals surface area contributed by atoms with Crippen LogP contribution in [0.4, 0.5) is 0 Å². The maximum atomic E-state index is 11.9. The molecule has 0 bridgehead atoms. The first-order valence-corrected chi connectivity index (χ1v) is 10.2. The lowest BCUT2D eigenvalue weighted by molar-refractivity contribution is -0.491. The highest BCUT2D eigenvalue weighted by Crippen LogP contribution is 2.58. The van der Waals surface area contributed by atoms with Crippen LogP contribution in [-0.2, 0) is 28.5 Å². The Kier molecular flexibility index (Phi) is 5.43. The third-order valence-corrected chi connectivity index (χ3v) is 7.16. The highest BCUT2D eigenvalue weighted by molar-refractivity contribution is 5.66. The number of carbonyl (C=O) groups excluding carboxylic acids is 1. The second kappa shape index (κ2) is 6.97. The molecule has 0 spiro atoms. The summed E-state index contributed by atoms with van der Waals surface area (Å²) in [4.78, 5) is 11.9. The normalized spacial score (nSPS) is 46.3. The third-order valence-electron chi connectivity index (χ3n) is 7.16. The van der Waals surface area contributed by atoms with E-state index in [1.165, 1.54) is 6.92 Å². The highest BCUT2D eigenvalue weighted by atomic mass is 16.8. The van der Waals surface area contributed by atoms with Gasteiger partial charge in [-0.25, -0.2) is 0 Å². The van der Waals surface area contributed by atoms with Gasteiger partial charge in [0.05, 0.1) is 6.10 Å². The zero-order valence-corrected chi connectivity index (χ0v) is 17.9. The molecule has 0 aromatic heterocycles. The van der Waals surface area contributed by atoms with Crippen molar-refractivity contribution in [3.05, 3.63) is 0 Å². The van der Waals surface area contributed by atoms with E-state index in [0.29, 0.717) is 6.42 Å². The van der Waals surface area contributed by atoms with Crippen LogP contribution in [0.25, 0.3) is 0 Å². The van der Waals surface area contributed by atoms with Crippen LogP contribution in [0.3, 0.4) is 0 Å². The van der Waals surface area contributed by atoms with Gasteiger partial charge in [0.1, 0.15) is 12.2 Å². The SMILES string of the molecule is CCC1(C)CC(C)(C)C(OC(C)=O)C2OC3(OC)CCCCC3(OC)OC21. The van der Waals surface area contributed by atoms with Crippen LogP contribution in [0.15, 0.2) is 0 Å². The van der Waals surface area contributed by atoms with Crippen LogP contribution in [0.1, 0.15) is 73.1 Å². The van der Waals surface area contributed by atoms with E-state index >= 15 is 0 Å². The van der Waals surface area contributed by atoms with Gasteiger partial charge in [0.2, 0.25) is 11.6 Å². The Morgan fingerprint density at radius 3 is 2.07 bits per heavy atom. The number of ether oxygens (including phenoxy) is 5. The van der Waals surface area contributed by atoms with Gasteiger partial charge in [-0.15, -0.1) is 0 Å². The van der Waals surface area contributed by atoms with E-state index in [0.717, 1.165) is 32.1 Å². The molecule has 156 valence electrons. The lowest BCUT2D eigenvalue weighted by atomic mass is 9.58. The number of methoxy groups -OCH3 is 2. The molecule has 2 aliphatic carbocycles. The fourth-order valence-electron chi connectivity index (χ4n) is 5.74. The molecule has 6 atom stereocenters. The molecule has 3 rings (SSSR count). The van der Waals surface area contributed by atoms with Crippen LogP contribution < -0.4 is 0 Å². The van der Waals surface area contributed by atoms with Crippen molar-refractivity contribution in [2.24, 2.45) is 10.8 Å². The molecule has 0 N–H and O–H groups in total. The molecule has 3 aliphatic rings. The van der Waals surface area contributed by atoms with E-state index in [1.807, 2.05) is 0 Å². The zero-order chi connectivity index (χ0) is 20.1. The predicted octanol–water partition coefficient (Wildman–Crippen LogP) is 3.81. The van der Waals surface area contributed by atoms with E-state index in [4.69, 9.17) is 23.7 Å². The molecule has 6 unspecified atom stereocenters. The summed E-state index contributed by atoms with van der Waals surface area (Å²) in [5.74, 6) is -2.21. The van der Waals surface area contributed by atoms with Gasteiger partial charge in [-0.3, -0.25) is 4.79 Å². The molecule has 0 radical (unpaired) electrons. The van der Waals surface area contributed by atoms with Crippen LogP contribution in [0.2, 0.25) is 0 Å². The number of carbonyl (C=O) groups is 1. The predicted molar refractivity (Wildman–Crippen MR) is 100 cm³/mol. The van der Waals surface area contributed by atoms with Crippen LogP contribution >= 0.6 is 0 Å². The van der Waals surface area contributed by atoms with Gasteiger partial charge in [0.25, 0.3) is 0 Å². The van der Waals surface area contributed by atoms with E-state index in [1.54, 1.807) is 14.2 Å². The van der Waals surface area contributed by atoms with Crippen molar-refractivity contribution in [3.8, 4) is 0 Å². The summed E-state index contributed by atoms with van der Waals surface area (Å²) in [6.07, 6.45) is 4.17. The van der Waals surface area contributed by atoms with Crippen molar-refractivity contribution in [2.45, 2.75) is 103 Å². The quantitative estimate of drug-likeness (QED) is 0.687. The van der Waals surface area contributed by atoms with E-state index < -0.39 is 23.8 Å². The summed E-state index contributed by atoms with van der Waals surface area (Å²) in [7, 11) is 3.32. The van der Waals surface area contributed by atoms with Crippen molar-refractivity contribution in [2.75, 3.05) is 14.2 Å². The van der Waals surface area contributed by atoms with Gasteiger partial charge in [-0.2, -0.15) is 0 Å². The van der Waals surface area contributed by atoms with Crippen molar-refractivity contribution < 1.29 is 28.5 Å². The van der Waals surface area contributed by atoms with Gasteiger partial charge < -0.3 is 23.7 Å². The first kappa shape index (κ1) is 21.0. The molecule has 0 aromatic rings. The second-order valence-electron chi connectivity index (χ2n) is 9.45. The maximum Gasteiger partial charge on any atom is 0.303 e. The number of hydrogen-bond donors (Lipinski definition) is 0. The average Bonchev–Trinajstić information content (AvgIpc) is 2.63. The minimum atomic E-state index is -0.984. The minimum Gasteiger partial charge on any atom is -0.459 e. The molecule has 1 heterocycles. The number of rotatable bonds is 4. The average molecular weight is 385 g/mol. The molecule has 6 nitrogen and oxygen atoms in total. The van der Waals surface area contributed by atoms with E-state index in [2.05, 4.69) is 27.7 Å². The summed E-state index contributed by atoms with van der Waals surface area (Å²) in [6.45, 7) is 10.2. The zero-order valence-electron chi connectivity index (χ0n) is 17.9. The summed E-state index contributed by atoms with van der Waals surface area (Å²) in [5, 5.41) is 0. The van der Waals surface area contributed by atoms with Gasteiger partial charge in [0.15, 0.2) is 0 Å². The number of hydrogen-bond acceptors (Lipinski definition) is 6. The molecule has 27 heavy (non-hydrogen) atoms. The Balaban J connectivity index is 2.08. The molecule has 0 amide bonds. The fourth-order valence-corrected chi connectivity index (χ4v) is 5.74. The summed E-state index contributed by atoms with van der Waals surface area (Å²) >= 11 is 0. The molecular weight excluding hydrogens is 348 g/mol. The lowest BCUT2D eigenvalue weighted by Crippen LogP contribution is -2.75. The highest BCUT2D eigenvalue weighted by Gasteiger charge is 2.69. The fraction of sp³-hybridized carbons (Fsp3) is 0.952. The van der Waals surface area contributed by atoms with E-state index in [-0.39, 0.29) is 22.9 Å². The maximum absolute atomic E-state index is 11.9. The van der Waals surface area contributed by atoms with Gasteiger partial charge in [0, 0.05) is 39.4 Å².